The second kappa shape index (κ2) is 5.72. The Morgan fingerprint density at radius 2 is 2.00 bits per heavy atom. The standard InChI is InChI=1S/C15H13FN4O/c16-11-3-1-10(2-4-11)15-14(9-19-20-15)21-13-5-6-18-12(7-13)8-17/h1-7,9H,8,17H2,(H,19,20). The lowest BCUT2D eigenvalue weighted by atomic mass is 10.1. The van der Waals surface area contributed by atoms with Gasteiger partial charge < -0.3 is 10.5 Å². The highest BCUT2D eigenvalue weighted by atomic mass is 19.1. The monoisotopic (exact) mass is 284 g/mol. The average Bonchev–Trinajstić information content (AvgIpc) is 2.96. The maximum Gasteiger partial charge on any atom is 0.172 e. The average molecular weight is 284 g/mol. The Kier molecular flexibility index (Phi) is 3.61. The molecule has 2 aromatic heterocycles. The molecule has 3 N–H and O–H groups in total. The summed E-state index contributed by atoms with van der Waals surface area (Å²) in [6.45, 7) is 0.341. The number of pyridine rings is 1. The highest BCUT2D eigenvalue weighted by Gasteiger charge is 2.10. The number of ether oxygens (including phenoxy) is 1. The molecule has 0 radical (unpaired) electrons. The van der Waals surface area contributed by atoms with E-state index < -0.39 is 0 Å². The van der Waals surface area contributed by atoms with Crippen molar-refractivity contribution in [1.29, 1.82) is 0 Å². The highest BCUT2D eigenvalue weighted by Crippen LogP contribution is 2.31. The number of H-pyrrole nitrogens is 1. The van der Waals surface area contributed by atoms with E-state index in [1.54, 1.807) is 36.7 Å². The Morgan fingerprint density at radius 1 is 1.19 bits per heavy atom. The molecule has 0 aliphatic heterocycles. The van der Waals surface area contributed by atoms with Gasteiger partial charge in [0.25, 0.3) is 0 Å². The fourth-order valence-corrected chi connectivity index (χ4v) is 1.93. The molecule has 0 aliphatic rings. The molecule has 2 heterocycles. The van der Waals surface area contributed by atoms with Gasteiger partial charge in [0.05, 0.1) is 11.9 Å². The second-order valence-corrected chi connectivity index (χ2v) is 4.41. The lowest BCUT2D eigenvalue weighted by molar-refractivity contribution is 0.483. The summed E-state index contributed by atoms with van der Waals surface area (Å²) in [7, 11) is 0. The first-order valence-electron chi connectivity index (χ1n) is 6.38. The number of nitrogens with zero attached hydrogens (tertiary/aromatic N) is 2. The van der Waals surface area contributed by atoms with Crippen LogP contribution in [-0.4, -0.2) is 15.2 Å². The van der Waals surface area contributed by atoms with Crippen molar-refractivity contribution in [1.82, 2.24) is 15.2 Å². The van der Waals surface area contributed by atoms with Crippen molar-refractivity contribution >= 4 is 0 Å². The highest BCUT2D eigenvalue weighted by molar-refractivity contribution is 5.66. The molecule has 0 bridgehead atoms. The van der Waals surface area contributed by atoms with Crippen LogP contribution >= 0.6 is 0 Å². The lowest BCUT2D eigenvalue weighted by Crippen LogP contribution is -1.99. The minimum atomic E-state index is -0.289. The second-order valence-electron chi connectivity index (χ2n) is 4.41. The molecule has 106 valence electrons. The summed E-state index contributed by atoms with van der Waals surface area (Å²) in [6, 6.07) is 9.60. The summed E-state index contributed by atoms with van der Waals surface area (Å²) in [5.41, 5.74) is 7.76. The lowest BCUT2D eigenvalue weighted by Gasteiger charge is -2.07. The Bertz CT molecular complexity index is 739. The van der Waals surface area contributed by atoms with Crippen LogP contribution in [0.2, 0.25) is 0 Å². The maximum absolute atomic E-state index is 13.0. The molecule has 0 saturated carbocycles. The van der Waals surface area contributed by atoms with Crippen LogP contribution < -0.4 is 10.5 Å². The zero-order chi connectivity index (χ0) is 14.7. The number of nitrogens with one attached hydrogen (secondary N) is 1. The van der Waals surface area contributed by atoms with Gasteiger partial charge in [-0.25, -0.2) is 4.39 Å². The Labute approximate surface area is 120 Å². The molecule has 0 fully saturated rings. The van der Waals surface area contributed by atoms with Crippen LogP contribution in [0.25, 0.3) is 11.3 Å². The first-order chi connectivity index (χ1) is 10.3. The number of hydrogen-bond acceptors (Lipinski definition) is 4. The van der Waals surface area contributed by atoms with Crippen LogP contribution in [-0.2, 0) is 6.54 Å². The fourth-order valence-electron chi connectivity index (χ4n) is 1.93. The molecule has 5 nitrogen and oxygen atoms in total. The maximum atomic E-state index is 13.0. The number of aromatic amines is 1. The third kappa shape index (κ3) is 2.90. The molecule has 1 aromatic carbocycles. The van der Waals surface area contributed by atoms with Crippen LogP contribution in [0.5, 0.6) is 11.5 Å². The summed E-state index contributed by atoms with van der Waals surface area (Å²) in [6.07, 6.45) is 3.20. The molecular formula is C15H13FN4O. The van der Waals surface area contributed by atoms with Crippen molar-refractivity contribution < 1.29 is 9.13 Å². The van der Waals surface area contributed by atoms with E-state index in [0.29, 0.717) is 23.7 Å². The van der Waals surface area contributed by atoms with Crippen LogP contribution in [0.4, 0.5) is 4.39 Å². The van der Waals surface area contributed by atoms with Crippen molar-refractivity contribution in [3.05, 3.63) is 60.3 Å². The minimum absolute atomic E-state index is 0.289. The predicted molar refractivity (Wildman–Crippen MR) is 76.2 cm³/mol. The summed E-state index contributed by atoms with van der Waals surface area (Å²) in [5.74, 6) is 0.883. The quantitative estimate of drug-likeness (QED) is 0.772. The van der Waals surface area contributed by atoms with Crippen LogP contribution in [0.15, 0.2) is 48.8 Å². The topological polar surface area (TPSA) is 76.8 Å². The van der Waals surface area contributed by atoms with E-state index >= 15 is 0 Å². The van der Waals surface area contributed by atoms with Crippen molar-refractivity contribution in [2.75, 3.05) is 0 Å². The van der Waals surface area contributed by atoms with Gasteiger partial charge in [0.2, 0.25) is 0 Å². The van der Waals surface area contributed by atoms with Gasteiger partial charge in [-0.1, -0.05) is 0 Å². The molecule has 0 unspecified atom stereocenters. The van der Waals surface area contributed by atoms with Crippen molar-refractivity contribution in [2.24, 2.45) is 5.73 Å². The van der Waals surface area contributed by atoms with Crippen LogP contribution in [0.1, 0.15) is 5.69 Å². The smallest absolute Gasteiger partial charge is 0.172 e. The molecule has 3 aromatic rings. The molecule has 0 aliphatic carbocycles. The van der Waals surface area contributed by atoms with E-state index in [-0.39, 0.29) is 5.82 Å². The number of rotatable bonds is 4. The minimum Gasteiger partial charge on any atom is -0.453 e. The molecule has 0 saturated heterocycles. The van der Waals surface area contributed by atoms with Crippen LogP contribution in [0, 0.1) is 5.82 Å². The van der Waals surface area contributed by atoms with E-state index in [1.807, 2.05) is 0 Å². The van der Waals surface area contributed by atoms with Gasteiger partial charge in [-0.3, -0.25) is 10.1 Å². The van der Waals surface area contributed by atoms with E-state index in [9.17, 15) is 4.39 Å². The van der Waals surface area contributed by atoms with E-state index in [1.165, 1.54) is 12.1 Å². The largest absolute Gasteiger partial charge is 0.453 e. The number of hydrogen-bond donors (Lipinski definition) is 2. The Hall–Kier alpha value is -2.73. The summed E-state index contributed by atoms with van der Waals surface area (Å²) in [5, 5.41) is 6.83. The summed E-state index contributed by atoms with van der Waals surface area (Å²) >= 11 is 0. The fraction of sp³-hybridized carbons (Fsp3) is 0.0667. The molecule has 21 heavy (non-hydrogen) atoms. The summed E-state index contributed by atoms with van der Waals surface area (Å²) < 4.78 is 18.8. The van der Waals surface area contributed by atoms with Crippen molar-refractivity contribution in [3.8, 4) is 22.8 Å². The van der Waals surface area contributed by atoms with E-state index in [0.717, 1.165) is 11.3 Å². The van der Waals surface area contributed by atoms with Gasteiger partial charge in [-0.2, -0.15) is 5.10 Å². The van der Waals surface area contributed by atoms with Gasteiger partial charge in [0, 0.05) is 24.4 Å². The Balaban J connectivity index is 1.90. The molecule has 0 atom stereocenters. The predicted octanol–water partition coefficient (Wildman–Crippen LogP) is 2.86. The van der Waals surface area contributed by atoms with Gasteiger partial charge in [0.1, 0.15) is 17.3 Å². The Morgan fingerprint density at radius 3 is 2.76 bits per heavy atom. The third-order valence-electron chi connectivity index (χ3n) is 2.96. The summed E-state index contributed by atoms with van der Waals surface area (Å²) in [4.78, 5) is 4.11. The van der Waals surface area contributed by atoms with Gasteiger partial charge in [-0.05, 0) is 30.3 Å². The number of halogens is 1. The molecule has 3 rings (SSSR count). The number of aromatic nitrogens is 3. The first kappa shape index (κ1) is 13.3. The van der Waals surface area contributed by atoms with Crippen molar-refractivity contribution in [3.63, 3.8) is 0 Å². The third-order valence-corrected chi connectivity index (χ3v) is 2.96. The van der Waals surface area contributed by atoms with Gasteiger partial charge in [-0.15, -0.1) is 0 Å². The molecule has 0 spiro atoms. The number of nitrogens with two attached hydrogens (primary N) is 1. The molecule has 0 amide bonds. The van der Waals surface area contributed by atoms with E-state index in [4.69, 9.17) is 10.5 Å². The first-order valence-corrected chi connectivity index (χ1v) is 6.38. The zero-order valence-electron chi connectivity index (χ0n) is 11.1. The van der Waals surface area contributed by atoms with E-state index in [2.05, 4.69) is 15.2 Å². The van der Waals surface area contributed by atoms with Crippen LogP contribution in [0.3, 0.4) is 0 Å². The number of benzene rings is 1. The molecular weight excluding hydrogens is 271 g/mol. The zero-order valence-corrected chi connectivity index (χ0v) is 11.1. The van der Waals surface area contributed by atoms with Gasteiger partial charge >= 0.3 is 0 Å². The SMILES string of the molecule is NCc1cc(Oc2cn[nH]c2-c2ccc(F)cc2)ccn1. The van der Waals surface area contributed by atoms with Crippen molar-refractivity contribution in [2.45, 2.75) is 6.54 Å². The molecule has 6 heteroatoms. The normalized spacial score (nSPS) is 10.6. The van der Waals surface area contributed by atoms with Gasteiger partial charge in [0.15, 0.2) is 5.75 Å².